The third-order valence-corrected chi connectivity index (χ3v) is 4.53. The van der Waals surface area contributed by atoms with Gasteiger partial charge in [0.2, 0.25) is 5.91 Å². The fraction of sp³-hybridized carbons (Fsp3) is 0.923. The Bertz CT molecular complexity index is 411. The van der Waals surface area contributed by atoms with Gasteiger partial charge in [0, 0.05) is 38.5 Å². The molecular formula is C13H27N3O3S. The van der Waals surface area contributed by atoms with E-state index in [1.807, 2.05) is 0 Å². The van der Waals surface area contributed by atoms with Crippen LogP contribution < -0.4 is 5.73 Å². The van der Waals surface area contributed by atoms with Crippen LogP contribution in [0.15, 0.2) is 0 Å². The Balaban J connectivity index is 2.56. The molecule has 1 atom stereocenters. The van der Waals surface area contributed by atoms with Gasteiger partial charge in [0.25, 0.3) is 0 Å². The quantitative estimate of drug-likeness (QED) is 0.728. The van der Waals surface area contributed by atoms with E-state index < -0.39 is 9.84 Å². The lowest BCUT2D eigenvalue weighted by Crippen LogP contribution is -2.41. The highest BCUT2D eigenvalue weighted by Crippen LogP contribution is 2.12. The second-order valence-corrected chi connectivity index (χ2v) is 7.62. The van der Waals surface area contributed by atoms with Gasteiger partial charge in [-0.25, -0.2) is 8.42 Å². The minimum atomic E-state index is -3.25. The zero-order valence-electron chi connectivity index (χ0n) is 12.5. The summed E-state index contributed by atoms with van der Waals surface area (Å²) in [5.74, 6) is -0.659. The summed E-state index contributed by atoms with van der Waals surface area (Å²) in [4.78, 5) is 16.0. The fourth-order valence-electron chi connectivity index (χ4n) is 2.70. The normalized spacial score (nSPS) is 19.6. The van der Waals surface area contributed by atoms with Crippen molar-refractivity contribution >= 4 is 15.7 Å². The molecule has 20 heavy (non-hydrogen) atoms. The lowest BCUT2D eigenvalue weighted by Gasteiger charge is -2.29. The van der Waals surface area contributed by atoms with Crippen molar-refractivity contribution < 1.29 is 13.2 Å². The molecule has 1 saturated heterocycles. The number of nitrogens with two attached hydrogens (primary N) is 1. The molecule has 1 aliphatic heterocycles. The van der Waals surface area contributed by atoms with Crippen LogP contribution in [0, 0.1) is 0 Å². The molecule has 0 saturated carbocycles. The number of carbonyl (C=O) groups is 1. The highest BCUT2D eigenvalue weighted by atomic mass is 32.2. The number of sulfone groups is 1. The van der Waals surface area contributed by atoms with Crippen LogP contribution in [0.1, 0.15) is 26.2 Å². The molecule has 0 spiro atoms. The highest BCUT2D eigenvalue weighted by molar-refractivity contribution is 7.91. The Morgan fingerprint density at radius 2 is 1.95 bits per heavy atom. The third kappa shape index (κ3) is 5.76. The van der Waals surface area contributed by atoms with Crippen molar-refractivity contribution in [2.24, 2.45) is 5.73 Å². The number of hydrogen-bond acceptors (Lipinski definition) is 5. The van der Waals surface area contributed by atoms with Crippen LogP contribution in [-0.2, 0) is 14.6 Å². The van der Waals surface area contributed by atoms with Crippen molar-refractivity contribution in [3.05, 3.63) is 0 Å². The van der Waals surface area contributed by atoms with E-state index in [0.717, 1.165) is 38.6 Å². The summed E-state index contributed by atoms with van der Waals surface area (Å²) in [5.41, 5.74) is 5.64. The molecule has 118 valence electrons. The van der Waals surface area contributed by atoms with Crippen LogP contribution in [0.4, 0.5) is 0 Å². The molecule has 1 fully saturated rings. The minimum Gasteiger partial charge on any atom is -0.340 e. The molecule has 0 aromatic rings. The van der Waals surface area contributed by atoms with E-state index in [4.69, 9.17) is 5.73 Å². The summed E-state index contributed by atoms with van der Waals surface area (Å²) in [5, 5.41) is 0. The second-order valence-electron chi connectivity index (χ2n) is 5.48. The Morgan fingerprint density at radius 1 is 1.25 bits per heavy atom. The third-order valence-electron chi connectivity index (χ3n) is 3.76. The zero-order chi connectivity index (χ0) is 15.2. The average Bonchev–Trinajstić information content (AvgIpc) is 2.59. The van der Waals surface area contributed by atoms with Gasteiger partial charge in [-0.2, -0.15) is 0 Å². The number of amides is 1. The summed E-state index contributed by atoms with van der Waals surface area (Å²) in [6.45, 7) is 5.82. The number of nitrogens with zero attached hydrogens (tertiary/aromatic N) is 2. The molecule has 1 rings (SSSR count). The second kappa shape index (κ2) is 7.95. The van der Waals surface area contributed by atoms with Crippen LogP contribution in [0.25, 0.3) is 0 Å². The molecule has 1 aliphatic rings. The molecule has 7 heteroatoms. The van der Waals surface area contributed by atoms with Crippen molar-refractivity contribution in [1.29, 1.82) is 0 Å². The fourth-order valence-corrected chi connectivity index (χ4v) is 3.34. The molecule has 0 aromatic carbocycles. The molecule has 0 radical (unpaired) electrons. The average molecular weight is 305 g/mol. The topological polar surface area (TPSA) is 83.7 Å². The lowest BCUT2D eigenvalue weighted by atomic mass is 10.1. The zero-order valence-corrected chi connectivity index (χ0v) is 13.4. The summed E-state index contributed by atoms with van der Waals surface area (Å²) in [6.07, 6.45) is 4.00. The van der Waals surface area contributed by atoms with E-state index in [1.54, 1.807) is 4.90 Å². The minimum absolute atomic E-state index is 0.277. The van der Waals surface area contributed by atoms with E-state index in [2.05, 4.69) is 11.8 Å². The Labute approximate surface area is 122 Å². The lowest BCUT2D eigenvalue weighted by molar-refractivity contribution is -0.128. The number of rotatable bonds is 6. The van der Waals surface area contributed by atoms with Gasteiger partial charge in [-0.3, -0.25) is 9.69 Å². The standard InChI is InChI=1S/C13H27N3O3S/c1-3-12(5-6-14)15-7-4-8-16(10-9-15)13(17)11-20(2,18)19/h12H,3-11,14H2,1-2H3. The van der Waals surface area contributed by atoms with E-state index in [0.29, 0.717) is 25.7 Å². The number of carbonyl (C=O) groups excluding carboxylic acids is 1. The highest BCUT2D eigenvalue weighted by Gasteiger charge is 2.24. The first-order chi connectivity index (χ1) is 9.37. The van der Waals surface area contributed by atoms with Crippen molar-refractivity contribution in [2.75, 3.05) is 44.7 Å². The van der Waals surface area contributed by atoms with Crippen LogP contribution >= 0.6 is 0 Å². The summed E-state index contributed by atoms with van der Waals surface area (Å²) in [7, 11) is -3.25. The van der Waals surface area contributed by atoms with Gasteiger partial charge >= 0.3 is 0 Å². The van der Waals surface area contributed by atoms with Gasteiger partial charge in [-0.15, -0.1) is 0 Å². The first kappa shape index (κ1) is 17.4. The van der Waals surface area contributed by atoms with Gasteiger partial charge in [-0.1, -0.05) is 6.92 Å². The Kier molecular flexibility index (Phi) is 6.91. The SMILES string of the molecule is CCC(CCN)N1CCCN(C(=O)CS(C)(=O)=O)CC1. The van der Waals surface area contributed by atoms with Crippen molar-refractivity contribution in [3.8, 4) is 0 Å². The molecule has 6 nitrogen and oxygen atoms in total. The van der Waals surface area contributed by atoms with E-state index >= 15 is 0 Å². The number of hydrogen-bond donors (Lipinski definition) is 1. The molecule has 1 amide bonds. The maximum absolute atomic E-state index is 11.9. The van der Waals surface area contributed by atoms with Crippen molar-refractivity contribution in [2.45, 2.75) is 32.2 Å². The van der Waals surface area contributed by atoms with Crippen molar-refractivity contribution in [1.82, 2.24) is 9.80 Å². The summed E-state index contributed by atoms with van der Waals surface area (Å²) >= 11 is 0. The Morgan fingerprint density at radius 3 is 2.50 bits per heavy atom. The maximum Gasteiger partial charge on any atom is 0.237 e. The van der Waals surface area contributed by atoms with Crippen molar-refractivity contribution in [3.63, 3.8) is 0 Å². The first-order valence-corrected chi connectivity index (χ1v) is 9.33. The monoisotopic (exact) mass is 305 g/mol. The van der Waals surface area contributed by atoms with Gasteiger partial charge in [0.05, 0.1) is 0 Å². The van der Waals surface area contributed by atoms with Gasteiger partial charge < -0.3 is 10.6 Å². The Hall–Kier alpha value is -0.660. The molecule has 1 unspecified atom stereocenters. The van der Waals surface area contributed by atoms with E-state index in [1.165, 1.54) is 0 Å². The van der Waals surface area contributed by atoms with Gasteiger partial charge in [0.1, 0.15) is 5.75 Å². The van der Waals surface area contributed by atoms with E-state index in [-0.39, 0.29) is 11.7 Å². The maximum atomic E-state index is 11.9. The van der Waals surface area contributed by atoms with Crippen LogP contribution in [0.5, 0.6) is 0 Å². The predicted molar refractivity (Wildman–Crippen MR) is 80.2 cm³/mol. The molecule has 2 N–H and O–H groups in total. The van der Waals surface area contributed by atoms with Crippen LogP contribution in [-0.4, -0.2) is 74.9 Å². The van der Waals surface area contributed by atoms with Gasteiger partial charge in [0.15, 0.2) is 9.84 Å². The van der Waals surface area contributed by atoms with Gasteiger partial charge in [-0.05, 0) is 25.8 Å². The summed E-state index contributed by atoms with van der Waals surface area (Å²) < 4.78 is 22.4. The molecule has 0 bridgehead atoms. The molecule has 0 aliphatic carbocycles. The molecule has 0 aromatic heterocycles. The predicted octanol–water partition coefficient (Wildman–Crippen LogP) is -0.307. The summed E-state index contributed by atoms with van der Waals surface area (Å²) in [6, 6.07) is 0.463. The first-order valence-electron chi connectivity index (χ1n) is 7.27. The van der Waals surface area contributed by atoms with E-state index in [9.17, 15) is 13.2 Å². The smallest absolute Gasteiger partial charge is 0.237 e. The largest absolute Gasteiger partial charge is 0.340 e. The molecule has 1 heterocycles. The van der Waals surface area contributed by atoms with Crippen LogP contribution in [0.2, 0.25) is 0 Å². The van der Waals surface area contributed by atoms with Crippen LogP contribution in [0.3, 0.4) is 0 Å². The molecular weight excluding hydrogens is 278 g/mol.